The first-order chi connectivity index (χ1) is 12.9. The molecule has 142 valence electrons. The van der Waals surface area contributed by atoms with Gasteiger partial charge in [-0.05, 0) is 43.7 Å². The Kier molecular flexibility index (Phi) is 7.11. The molecule has 2 aromatic rings. The van der Waals surface area contributed by atoms with Gasteiger partial charge in [-0.15, -0.1) is 0 Å². The van der Waals surface area contributed by atoms with Crippen molar-refractivity contribution in [3.63, 3.8) is 0 Å². The number of unbranched alkanes of at least 4 members (excludes halogenated alkanes) is 1. The van der Waals surface area contributed by atoms with Crippen molar-refractivity contribution in [2.45, 2.75) is 26.7 Å². The van der Waals surface area contributed by atoms with Crippen molar-refractivity contribution in [3.05, 3.63) is 66.0 Å². The Morgan fingerprint density at radius 2 is 1.74 bits per heavy atom. The molecule has 0 radical (unpaired) electrons. The molecule has 0 bridgehead atoms. The topological polar surface area (TPSA) is 61.8 Å². The highest BCUT2D eigenvalue weighted by molar-refractivity contribution is 5.93. The zero-order valence-corrected chi connectivity index (χ0v) is 15.3. The number of hydrogen-bond acceptors (Lipinski definition) is 5. The van der Waals surface area contributed by atoms with Gasteiger partial charge in [0, 0.05) is 0 Å². The van der Waals surface area contributed by atoms with Gasteiger partial charge in [0.05, 0.1) is 12.2 Å². The second-order valence-corrected chi connectivity index (χ2v) is 5.86. The summed E-state index contributed by atoms with van der Waals surface area (Å²) in [6.07, 6.45) is 1.71. The normalized spacial score (nSPS) is 10.2. The molecule has 0 N–H and O–H groups in total. The van der Waals surface area contributed by atoms with Crippen molar-refractivity contribution < 1.29 is 28.2 Å². The number of halogens is 1. The highest BCUT2D eigenvalue weighted by Gasteiger charge is 2.17. The van der Waals surface area contributed by atoms with E-state index in [0.717, 1.165) is 18.4 Å². The van der Waals surface area contributed by atoms with Gasteiger partial charge in [-0.25, -0.2) is 9.59 Å². The van der Waals surface area contributed by atoms with Crippen LogP contribution in [0.4, 0.5) is 4.39 Å². The van der Waals surface area contributed by atoms with Gasteiger partial charge in [0.25, 0.3) is 0 Å². The van der Waals surface area contributed by atoms with Gasteiger partial charge in [-0.1, -0.05) is 37.6 Å². The van der Waals surface area contributed by atoms with Crippen LogP contribution >= 0.6 is 0 Å². The molecule has 6 heteroatoms. The second-order valence-electron chi connectivity index (χ2n) is 5.86. The number of aryl methyl sites for hydroxylation is 1. The predicted octanol–water partition coefficient (Wildman–Crippen LogP) is 4.78. The lowest BCUT2D eigenvalue weighted by Crippen LogP contribution is -2.12. The zero-order valence-electron chi connectivity index (χ0n) is 15.3. The molecule has 0 spiro atoms. The Labute approximate surface area is 157 Å². The molecule has 0 atom stereocenters. The first kappa shape index (κ1) is 20.2. The average Bonchev–Trinajstić information content (AvgIpc) is 2.64. The van der Waals surface area contributed by atoms with Crippen LogP contribution in [0.1, 0.15) is 35.7 Å². The van der Waals surface area contributed by atoms with Crippen molar-refractivity contribution in [1.29, 1.82) is 0 Å². The summed E-state index contributed by atoms with van der Waals surface area (Å²) >= 11 is 0. The predicted molar refractivity (Wildman–Crippen MR) is 98.9 cm³/mol. The van der Waals surface area contributed by atoms with Gasteiger partial charge >= 0.3 is 11.9 Å². The van der Waals surface area contributed by atoms with E-state index in [9.17, 15) is 14.0 Å². The third-order valence-corrected chi connectivity index (χ3v) is 3.59. The maximum Gasteiger partial charge on any atom is 0.372 e. The average molecular weight is 372 g/mol. The summed E-state index contributed by atoms with van der Waals surface area (Å²) < 4.78 is 28.8. The summed E-state index contributed by atoms with van der Waals surface area (Å²) in [4.78, 5) is 23.9. The minimum absolute atomic E-state index is 0.0757. The van der Waals surface area contributed by atoms with Crippen LogP contribution < -0.4 is 14.2 Å². The Balaban J connectivity index is 2.22. The van der Waals surface area contributed by atoms with E-state index in [1.54, 1.807) is 12.1 Å². The highest BCUT2D eigenvalue weighted by Crippen LogP contribution is 2.30. The number of esters is 2. The Morgan fingerprint density at radius 1 is 1.04 bits per heavy atom. The lowest BCUT2D eigenvalue weighted by Gasteiger charge is -2.12. The Morgan fingerprint density at radius 3 is 2.37 bits per heavy atom. The van der Waals surface area contributed by atoms with Gasteiger partial charge in [0.1, 0.15) is 5.75 Å². The third-order valence-electron chi connectivity index (χ3n) is 3.59. The van der Waals surface area contributed by atoms with Gasteiger partial charge in [0.15, 0.2) is 11.5 Å². The fraction of sp³-hybridized carbons (Fsp3) is 0.238. The second kappa shape index (κ2) is 9.52. The third kappa shape index (κ3) is 5.95. The fourth-order valence-corrected chi connectivity index (χ4v) is 2.09. The van der Waals surface area contributed by atoms with E-state index in [-0.39, 0.29) is 17.1 Å². The first-order valence-electron chi connectivity index (χ1n) is 8.53. The smallest absolute Gasteiger partial charge is 0.372 e. The lowest BCUT2D eigenvalue weighted by atomic mass is 10.2. The molecule has 5 nitrogen and oxygen atoms in total. The molecule has 0 aromatic heterocycles. The molecule has 0 saturated heterocycles. The van der Waals surface area contributed by atoms with Crippen LogP contribution in [0.3, 0.4) is 0 Å². The molecule has 0 aliphatic heterocycles. The standard InChI is InChI=1S/C21H21FO5/c1-4-5-12-25-18-11-8-16(13-19(18)27-20(23)15(3)22)21(24)26-17-9-6-14(2)7-10-17/h6-11,13H,3-5,12H2,1-2H3. The van der Waals surface area contributed by atoms with Gasteiger partial charge in [-0.3, -0.25) is 0 Å². The number of rotatable bonds is 8. The maximum absolute atomic E-state index is 13.0. The van der Waals surface area contributed by atoms with Crippen molar-refractivity contribution in [2.75, 3.05) is 6.61 Å². The molecule has 0 unspecified atom stereocenters. The Bertz CT molecular complexity index is 827. The van der Waals surface area contributed by atoms with Crippen LogP contribution in [0.5, 0.6) is 17.2 Å². The van der Waals surface area contributed by atoms with E-state index in [1.807, 2.05) is 26.0 Å². The van der Waals surface area contributed by atoms with E-state index in [4.69, 9.17) is 14.2 Å². The minimum Gasteiger partial charge on any atom is -0.490 e. The van der Waals surface area contributed by atoms with Crippen LogP contribution in [0.2, 0.25) is 0 Å². The quantitative estimate of drug-likeness (QED) is 0.289. The molecule has 2 aromatic carbocycles. The summed E-state index contributed by atoms with van der Waals surface area (Å²) in [5.41, 5.74) is 1.16. The summed E-state index contributed by atoms with van der Waals surface area (Å²) in [5.74, 6) is -2.61. The summed E-state index contributed by atoms with van der Waals surface area (Å²) in [6.45, 7) is 7.22. The van der Waals surface area contributed by atoms with Gasteiger partial charge in [-0.2, -0.15) is 4.39 Å². The summed E-state index contributed by atoms with van der Waals surface area (Å²) in [7, 11) is 0. The molecule has 0 amide bonds. The van der Waals surface area contributed by atoms with E-state index < -0.39 is 17.8 Å². The van der Waals surface area contributed by atoms with E-state index in [1.165, 1.54) is 18.2 Å². The zero-order chi connectivity index (χ0) is 19.8. The molecule has 0 fully saturated rings. The molecule has 0 heterocycles. The SMILES string of the molecule is C=C(F)C(=O)Oc1cc(C(=O)Oc2ccc(C)cc2)ccc1OCCCC. The molecular formula is C21H21FO5. The van der Waals surface area contributed by atoms with Gasteiger partial charge < -0.3 is 14.2 Å². The molecule has 2 rings (SSSR count). The van der Waals surface area contributed by atoms with Crippen LogP contribution in [0.25, 0.3) is 0 Å². The highest BCUT2D eigenvalue weighted by atomic mass is 19.1. The largest absolute Gasteiger partial charge is 0.490 e. The summed E-state index contributed by atoms with van der Waals surface area (Å²) in [5, 5.41) is 0. The molecule has 0 aliphatic carbocycles. The minimum atomic E-state index is -1.25. The number of carbonyl (C=O) groups is 2. The summed E-state index contributed by atoms with van der Waals surface area (Å²) in [6, 6.07) is 11.2. The van der Waals surface area contributed by atoms with Crippen molar-refractivity contribution in [2.24, 2.45) is 0 Å². The molecule has 0 aliphatic rings. The monoisotopic (exact) mass is 372 g/mol. The Hall–Kier alpha value is -3.15. The molecular weight excluding hydrogens is 351 g/mol. The van der Waals surface area contributed by atoms with E-state index in [0.29, 0.717) is 12.4 Å². The van der Waals surface area contributed by atoms with Crippen LogP contribution in [0, 0.1) is 6.92 Å². The fourth-order valence-electron chi connectivity index (χ4n) is 2.09. The van der Waals surface area contributed by atoms with Crippen LogP contribution in [-0.4, -0.2) is 18.5 Å². The maximum atomic E-state index is 13.0. The molecule has 27 heavy (non-hydrogen) atoms. The number of benzene rings is 2. The van der Waals surface area contributed by atoms with Crippen LogP contribution in [-0.2, 0) is 4.79 Å². The number of hydrogen-bond donors (Lipinski definition) is 0. The van der Waals surface area contributed by atoms with Gasteiger partial charge in [0.2, 0.25) is 5.83 Å². The van der Waals surface area contributed by atoms with Crippen molar-refractivity contribution in [1.82, 2.24) is 0 Å². The molecule has 0 saturated carbocycles. The van der Waals surface area contributed by atoms with Crippen molar-refractivity contribution in [3.8, 4) is 17.2 Å². The van der Waals surface area contributed by atoms with Crippen molar-refractivity contribution >= 4 is 11.9 Å². The number of ether oxygens (including phenoxy) is 3. The number of carbonyl (C=O) groups excluding carboxylic acids is 2. The first-order valence-corrected chi connectivity index (χ1v) is 8.53. The van der Waals surface area contributed by atoms with E-state index >= 15 is 0 Å². The lowest BCUT2D eigenvalue weighted by molar-refractivity contribution is -0.131. The van der Waals surface area contributed by atoms with E-state index in [2.05, 4.69) is 6.58 Å². The van der Waals surface area contributed by atoms with Crippen LogP contribution in [0.15, 0.2) is 54.9 Å².